The Morgan fingerprint density at radius 2 is 1.89 bits per heavy atom. The largest absolute Gasteiger partial charge is 0.481 e. The molecular weight excluding hydrogens is 246 g/mol. The Morgan fingerprint density at radius 1 is 1.28 bits per heavy atom. The fraction of sp³-hybridized carbons (Fsp3) is 0.286. The summed E-state index contributed by atoms with van der Waals surface area (Å²) >= 11 is 1.40. The van der Waals surface area contributed by atoms with Crippen molar-refractivity contribution in [1.82, 2.24) is 4.98 Å². The van der Waals surface area contributed by atoms with Crippen LogP contribution in [0.4, 0.5) is 0 Å². The van der Waals surface area contributed by atoms with Gasteiger partial charge in [-0.15, -0.1) is 11.3 Å². The van der Waals surface area contributed by atoms with Crippen LogP contribution in [0.3, 0.4) is 0 Å². The van der Waals surface area contributed by atoms with Crippen molar-refractivity contribution in [2.75, 3.05) is 0 Å². The fourth-order valence-electron chi connectivity index (χ4n) is 1.85. The lowest BCUT2D eigenvalue weighted by atomic mass is 10.1. The molecule has 1 atom stereocenters. The van der Waals surface area contributed by atoms with E-state index in [-0.39, 0.29) is 0 Å². The van der Waals surface area contributed by atoms with Gasteiger partial charge in [0.1, 0.15) is 10.9 Å². The van der Waals surface area contributed by atoms with Gasteiger partial charge in [-0.25, -0.2) is 4.98 Å². The molecule has 0 aliphatic rings. The number of aromatic nitrogens is 1. The first-order chi connectivity index (χ1) is 8.47. The summed E-state index contributed by atoms with van der Waals surface area (Å²) < 4.78 is 0. The zero-order chi connectivity index (χ0) is 13.3. The number of rotatable bonds is 3. The first-order valence-electron chi connectivity index (χ1n) is 5.74. The lowest BCUT2D eigenvalue weighted by Crippen LogP contribution is -2.06. The van der Waals surface area contributed by atoms with Gasteiger partial charge in [0.2, 0.25) is 0 Å². The van der Waals surface area contributed by atoms with E-state index in [2.05, 4.69) is 23.2 Å². The van der Waals surface area contributed by atoms with Gasteiger partial charge in [0.15, 0.2) is 0 Å². The number of thiazole rings is 1. The molecule has 1 aromatic carbocycles. The Bertz CT molecular complexity index is 569. The molecule has 1 aromatic heterocycles. The third kappa shape index (κ3) is 2.59. The highest BCUT2D eigenvalue weighted by Crippen LogP contribution is 2.27. The van der Waals surface area contributed by atoms with Crippen LogP contribution in [0.5, 0.6) is 0 Å². The second kappa shape index (κ2) is 4.90. The van der Waals surface area contributed by atoms with E-state index in [4.69, 9.17) is 5.11 Å². The van der Waals surface area contributed by atoms with E-state index in [1.54, 1.807) is 6.92 Å². The van der Waals surface area contributed by atoms with Crippen LogP contribution >= 0.6 is 11.3 Å². The van der Waals surface area contributed by atoms with Crippen LogP contribution in [0.25, 0.3) is 11.3 Å². The maximum Gasteiger partial charge on any atom is 0.313 e. The Hall–Kier alpha value is -1.68. The normalized spacial score (nSPS) is 12.4. The minimum Gasteiger partial charge on any atom is -0.481 e. The highest BCUT2D eigenvalue weighted by atomic mass is 32.1. The highest BCUT2D eigenvalue weighted by Gasteiger charge is 2.18. The van der Waals surface area contributed by atoms with Crippen LogP contribution in [-0.4, -0.2) is 16.1 Å². The number of carboxylic acid groups (broad SMARTS) is 1. The number of aryl methyl sites for hydroxylation is 2. The van der Waals surface area contributed by atoms with E-state index in [1.165, 1.54) is 22.5 Å². The number of carboxylic acids is 1. The summed E-state index contributed by atoms with van der Waals surface area (Å²) in [4.78, 5) is 15.3. The minimum atomic E-state index is -0.837. The fourth-order valence-corrected chi connectivity index (χ4v) is 2.72. The molecule has 1 N–H and O–H groups in total. The van der Waals surface area contributed by atoms with E-state index >= 15 is 0 Å². The highest BCUT2D eigenvalue weighted by molar-refractivity contribution is 7.10. The lowest BCUT2D eigenvalue weighted by Gasteiger charge is -2.02. The Labute approximate surface area is 110 Å². The van der Waals surface area contributed by atoms with Gasteiger partial charge in [0.25, 0.3) is 0 Å². The van der Waals surface area contributed by atoms with Gasteiger partial charge >= 0.3 is 5.97 Å². The Morgan fingerprint density at radius 3 is 2.44 bits per heavy atom. The molecule has 0 fully saturated rings. The molecule has 0 amide bonds. The molecule has 18 heavy (non-hydrogen) atoms. The van der Waals surface area contributed by atoms with Crippen LogP contribution in [-0.2, 0) is 4.79 Å². The summed E-state index contributed by atoms with van der Waals surface area (Å²) in [5.41, 5.74) is 4.28. The van der Waals surface area contributed by atoms with Crippen LogP contribution < -0.4 is 0 Å². The average Bonchev–Trinajstić information content (AvgIpc) is 2.75. The monoisotopic (exact) mass is 261 g/mol. The van der Waals surface area contributed by atoms with Crippen LogP contribution in [0.15, 0.2) is 23.6 Å². The molecule has 1 unspecified atom stereocenters. The van der Waals surface area contributed by atoms with E-state index in [0.717, 1.165) is 11.3 Å². The quantitative estimate of drug-likeness (QED) is 0.918. The standard InChI is InChI=1S/C14H15NO2S/c1-8-4-9(2)6-11(5-8)12-7-18-13(15-12)10(3)14(16)17/h4-7,10H,1-3H3,(H,16,17). The summed E-state index contributed by atoms with van der Waals surface area (Å²) in [5.74, 6) is -1.38. The van der Waals surface area contributed by atoms with Crippen LogP contribution in [0, 0.1) is 13.8 Å². The van der Waals surface area contributed by atoms with Crippen molar-refractivity contribution in [3.63, 3.8) is 0 Å². The van der Waals surface area contributed by atoms with E-state index < -0.39 is 11.9 Å². The van der Waals surface area contributed by atoms with Gasteiger partial charge in [-0.1, -0.05) is 17.2 Å². The minimum absolute atomic E-state index is 0.547. The molecule has 2 rings (SSSR count). The Balaban J connectivity index is 2.37. The van der Waals surface area contributed by atoms with Crippen molar-refractivity contribution in [3.05, 3.63) is 39.7 Å². The number of nitrogens with zero attached hydrogens (tertiary/aromatic N) is 1. The topological polar surface area (TPSA) is 50.2 Å². The van der Waals surface area contributed by atoms with E-state index in [1.807, 2.05) is 19.2 Å². The second-order valence-electron chi connectivity index (χ2n) is 4.51. The zero-order valence-electron chi connectivity index (χ0n) is 10.6. The smallest absolute Gasteiger partial charge is 0.313 e. The number of carbonyl (C=O) groups is 1. The maximum atomic E-state index is 10.9. The molecule has 4 heteroatoms. The maximum absolute atomic E-state index is 10.9. The first-order valence-corrected chi connectivity index (χ1v) is 6.62. The number of aliphatic carboxylic acids is 1. The summed E-state index contributed by atoms with van der Waals surface area (Å²) in [6.45, 7) is 5.75. The summed E-state index contributed by atoms with van der Waals surface area (Å²) in [7, 11) is 0. The summed E-state index contributed by atoms with van der Waals surface area (Å²) in [6.07, 6.45) is 0. The first kappa shape index (κ1) is 12.8. The van der Waals surface area contributed by atoms with Crippen molar-refractivity contribution in [3.8, 4) is 11.3 Å². The molecule has 3 nitrogen and oxygen atoms in total. The van der Waals surface area contributed by atoms with Gasteiger partial charge in [-0.3, -0.25) is 4.79 Å². The zero-order valence-corrected chi connectivity index (χ0v) is 11.4. The SMILES string of the molecule is Cc1cc(C)cc(-c2csc(C(C)C(=O)O)n2)c1. The number of hydrogen-bond donors (Lipinski definition) is 1. The van der Waals surface area contributed by atoms with Crippen molar-refractivity contribution in [2.45, 2.75) is 26.7 Å². The molecule has 0 radical (unpaired) electrons. The molecular formula is C14H15NO2S. The Kier molecular flexibility index (Phi) is 3.48. The molecule has 0 aliphatic heterocycles. The molecule has 0 saturated carbocycles. The molecule has 0 aliphatic carbocycles. The number of benzene rings is 1. The van der Waals surface area contributed by atoms with Gasteiger partial charge in [0, 0.05) is 10.9 Å². The van der Waals surface area contributed by atoms with Crippen LogP contribution in [0.1, 0.15) is 29.0 Å². The molecule has 0 spiro atoms. The third-order valence-electron chi connectivity index (χ3n) is 2.78. The van der Waals surface area contributed by atoms with Crippen molar-refractivity contribution in [2.24, 2.45) is 0 Å². The van der Waals surface area contributed by atoms with Crippen molar-refractivity contribution < 1.29 is 9.90 Å². The molecule has 2 aromatic rings. The van der Waals surface area contributed by atoms with Crippen LogP contribution in [0.2, 0.25) is 0 Å². The molecule has 94 valence electrons. The molecule has 0 saturated heterocycles. The lowest BCUT2D eigenvalue weighted by molar-refractivity contribution is -0.138. The summed E-state index contributed by atoms with van der Waals surface area (Å²) in [5, 5.41) is 11.5. The predicted molar refractivity (Wildman–Crippen MR) is 73.1 cm³/mol. The van der Waals surface area contributed by atoms with Gasteiger partial charge in [0.05, 0.1) is 5.69 Å². The van der Waals surface area contributed by atoms with Gasteiger partial charge in [-0.2, -0.15) is 0 Å². The second-order valence-corrected chi connectivity index (χ2v) is 5.40. The average molecular weight is 261 g/mol. The number of hydrogen-bond acceptors (Lipinski definition) is 3. The molecule has 1 heterocycles. The van der Waals surface area contributed by atoms with E-state index in [0.29, 0.717) is 5.01 Å². The molecule has 0 bridgehead atoms. The third-order valence-corrected chi connectivity index (χ3v) is 3.81. The predicted octanol–water partition coefficient (Wildman–Crippen LogP) is 3.62. The van der Waals surface area contributed by atoms with Gasteiger partial charge < -0.3 is 5.11 Å². The van der Waals surface area contributed by atoms with Crippen molar-refractivity contribution >= 4 is 17.3 Å². The van der Waals surface area contributed by atoms with E-state index in [9.17, 15) is 4.79 Å². The van der Waals surface area contributed by atoms with Gasteiger partial charge in [-0.05, 0) is 32.9 Å². The summed E-state index contributed by atoms with van der Waals surface area (Å²) in [6, 6.07) is 6.24. The van der Waals surface area contributed by atoms with Crippen molar-refractivity contribution in [1.29, 1.82) is 0 Å².